The van der Waals surface area contributed by atoms with Crippen LogP contribution in [0.5, 0.6) is 5.75 Å². The second kappa shape index (κ2) is 10.1. The van der Waals surface area contributed by atoms with Crippen LogP contribution in [0.4, 0.5) is 26.3 Å². The summed E-state index contributed by atoms with van der Waals surface area (Å²) < 4.78 is 91.3. The van der Waals surface area contributed by atoms with Crippen LogP contribution in [-0.4, -0.2) is 18.8 Å². The highest BCUT2D eigenvalue weighted by molar-refractivity contribution is 5.92. The van der Waals surface area contributed by atoms with Crippen LogP contribution in [0.1, 0.15) is 40.4 Å². The molecular weight excluding hydrogens is 486 g/mol. The third-order valence-corrected chi connectivity index (χ3v) is 5.76. The summed E-state index contributed by atoms with van der Waals surface area (Å²) in [6.07, 6.45) is -1.51. The lowest BCUT2D eigenvalue weighted by molar-refractivity contribution is -0.0696. The summed E-state index contributed by atoms with van der Waals surface area (Å²) in [6, 6.07) is 8.77. The second-order valence-electron chi connectivity index (χ2n) is 8.20. The fourth-order valence-electron chi connectivity index (χ4n) is 3.91. The van der Waals surface area contributed by atoms with Gasteiger partial charge in [0.15, 0.2) is 5.82 Å². The number of hydrogen-bond donors (Lipinski definition) is 0. The number of fused-ring (bicyclic) bond motifs is 1. The molecule has 0 saturated carbocycles. The minimum absolute atomic E-state index is 0.114. The second-order valence-corrected chi connectivity index (χ2v) is 8.20. The van der Waals surface area contributed by atoms with E-state index in [-0.39, 0.29) is 22.8 Å². The van der Waals surface area contributed by atoms with Gasteiger partial charge in [-0.15, -0.1) is 6.58 Å². The van der Waals surface area contributed by atoms with Crippen LogP contribution in [0.2, 0.25) is 0 Å². The van der Waals surface area contributed by atoms with Crippen molar-refractivity contribution < 1.29 is 40.6 Å². The first-order valence-electron chi connectivity index (χ1n) is 10.8. The molecule has 3 aromatic rings. The molecule has 0 aliphatic carbocycles. The Morgan fingerprint density at radius 1 is 1.06 bits per heavy atom. The Bertz CT molecular complexity index is 1380. The number of carbonyl (C=O) groups excluding carboxylic acids is 1. The SMILES string of the molecule is C=CC1CCC(c2ccc(C(=O)Oc3cc(F)c4c(F)c(C#CC(F)(F)F)c(F)cc4c3)cc2)OC1. The normalized spacial score (nSPS) is 17.8. The molecule has 0 N–H and O–H groups in total. The van der Waals surface area contributed by atoms with Gasteiger partial charge in [0.25, 0.3) is 0 Å². The molecule has 1 saturated heterocycles. The van der Waals surface area contributed by atoms with Crippen molar-refractivity contribution in [2.75, 3.05) is 6.61 Å². The highest BCUT2D eigenvalue weighted by atomic mass is 19.4. The predicted molar refractivity (Wildman–Crippen MR) is 120 cm³/mol. The molecule has 3 aromatic carbocycles. The summed E-state index contributed by atoms with van der Waals surface area (Å²) >= 11 is 0. The third kappa shape index (κ3) is 5.55. The molecule has 4 rings (SSSR count). The van der Waals surface area contributed by atoms with E-state index in [2.05, 4.69) is 6.58 Å². The van der Waals surface area contributed by atoms with Gasteiger partial charge >= 0.3 is 12.1 Å². The Morgan fingerprint density at radius 2 is 1.78 bits per heavy atom. The fourth-order valence-corrected chi connectivity index (χ4v) is 3.91. The number of esters is 1. The molecule has 2 atom stereocenters. The highest BCUT2D eigenvalue weighted by Gasteiger charge is 2.25. The van der Waals surface area contributed by atoms with Gasteiger partial charge in [-0.3, -0.25) is 0 Å². The van der Waals surface area contributed by atoms with E-state index in [1.807, 2.05) is 6.08 Å². The zero-order valence-electron chi connectivity index (χ0n) is 18.6. The largest absolute Gasteiger partial charge is 0.458 e. The lowest BCUT2D eigenvalue weighted by Crippen LogP contribution is -2.19. The quantitative estimate of drug-likeness (QED) is 0.126. The molecule has 2 unspecified atom stereocenters. The maximum absolute atomic E-state index is 14.6. The smallest absolute Gasteiger partial charge is 0.423 e. The lowest BCUT2D eigenvalue weighted by atomic mass is 9.94. The van der Waals surface area contributed by atoms with Crippen molar-refractivity contribution in [3.63, 3.8) is 0 Å². The summed E-state index contributed by atoms with van der Waals surface area (Å²) in [7, 11) is 0. The molecule has 0 aromatic heterocycles. The van der Waals surface area contributed by atoms with Crippen molar-refractivity contribution in [2.45, 2.75) is 25.1 Å². The summed E-state index contributed by atoms with van der Waals surface area (Å²) in [6.45, 7) is 4.32. The van der Waals surface area contributed by atoms with Gasteiger partial charge in [0.2, 0.25) is 0 Å². The molecule has 1 fully saturated rings. The van der Waals surface area contributed by atoms with Gasteiger partial charge in [-0.05, 0) is 48.1 Å². The molecule has 1 aliphatic heterocycles. The fraction of sp³-hybridized carbons (Fsp3) is 0.222. The van der Waals surface area contributed by atoms with E-state index in [1.54, 1.807) is 12.1 Å². The maximum atomic E-state index is 14.6. The molecule has 9 heteroatoms. The number of benzene rings is 3. The Morgan fingerprint density at radius 3 is 2.39 bits per heavy atom. The summed E-state index contributed by atoms with van der Waals surface area (Å²) in [5.74, 6) is -3.03. The van der Waals surface area contributed by atoms with E-state index in [0.29, 0.717) is 24.7 Å². The van der Waals surface area contributed by atoms with Gasteiger partial charge in [-0.2, -0.15) is 13.2 Å². The number of halogens is 6. The van der Waals surface area contributed by atoms with E-state index < -0.39 is 40.5 Å². The van der Waals surface area contributed by atoms with E-state index in [0.717, 1.165) is 30.4 Å². The van der Waals surface area contributed by atoms with Crippen molar-refractivity contribution >= 4 is 16.7 Å². The number of hydrogen-bond acceptors (Lipinski definition) is 3. The molecular formula is C27H18F6O3. The zero-order valence-corrected chi connectivity index (χ0v) is 18.6. The topological polar surface area (TPSA) is 35.5 Å². The predicted octanol–water partition coefficient (Wildman–Crippen LogP) is 7.04. The van der Waals surface area contributed by atoms with Crippen LogP contribution in [-0.2, 0) is 4.74 Å². The van der Waals surface area contributed by atoms with Crippen LogP contribution in [0.3, 0.4) is 0 Å². The molecule has 0 bridgehead atoms. The first kappa shape index (κ1) is 25.3. The average Bonchev–Trinajstić information content (AvgIpc) is 2.83. The molecule has 0 spiro atoms. The number of alkyl halides is 3. The van der Waals surface area contributed by atoms with E-state index >= 15 is 0 Å². The van der Waals surface area contributed by atoms with Gasteiger partial charge in [-0.1, -0.05) is 24.1 Å². The van der Waals surface area contributed by atoms with Gasteiger partial charge in [0.05, 0.1) is 29.2 Å². The van der Waals surface area contributed by atoms with Gasteiger partial charge in [-0.25, -0.2) is 18.0 Å². The zero-order chi connectivity index (χ0) is 26.0. The molecule has 36 heavy (non-hydrogen) atoms. The van der Waals surface area contributed by atoms with Crippen LogP contribution < -0.4 is 4.74 Å². The Labute approximate surface area is 202 Å². The van der Waals surface area contributed by atoms with Crippen molar-refractivity contribution in [1.82, 2.24) is 0 Å². The minimum Gasteiger partial charge on any atom is -0.423 e. The number of ether oxygens (including phenoxy) is 2. The minimum atomic E-state index is -4.99. The van der Waals surface area contributed by atoms with Crippen LogP contribution in [0.25, 0.3) is 10.8 Å². The molecule has 0 amide bonds. The first-order valence-corrected chi connectivity index (χ1v) is 10.8. The standard InChI is InChI=1S/C27H18F6O3/c1-2-15-3-8-23(35-14-15)16-4-6-17(7-5-16)26(34)36-19-11-18-12-21(28)20(9-10-27(31,32)33)25(30)24(18)22(29)13-19/h2,4-7,11-13,15,23H,1,3,8,14H2. The van der Waals surface area contributed by atoms with Crippen molar-refractivity contribution in [2.24, 2.45) is 5.92 Å². The number of rotatable bonds is 4. The van der Waals surface area contributed by atoms with Crippen LogP contribution in [0, 0.1) is 35.2 Å². The van der Waals surface area contributed by atoms with E-state index in [9.17, 15) is 31.1 Å². The Balaban J connectivity index is 1.54. The van der Waals surface area contributed by atoms with Crippen molar-refractivity contribution in [3.05, 3.63) is 89.3 Å². The summed E-state index contributed by atoms with van der Waals surface area (Å²) in [4.78, 5) is 12.5. The molecule has 186 valence electrons. The van der Waals surface area contributed by atoms with Crippen molar-refractivity contribution in [3.8, 4) is 17.6 Å². The molecule has 1 heterocycles. The van der Waals surface area contributed by atoms with E-state index in [1.165, 1.54) is 18.1 Å². The highest BCUT2D eigenvalue weighted by Crippen LogP contribution is 2.32. The summed E-state index contributed by atoms with van der Waals surface area (Å²) in [5, 5.41) is -1.13. The molecule has 1 aliphatic rings. The van der Waals surface area contributed by atoms with Crippen LogP contribution >= 0.6 is 0 Å². The summed E-state index contributed by atoms with van der Waals surface area (Å²) in [5.41, 5.74) is -0.194. The van der Waals surface area contributed by atoms with Crippen LogP contribution in [0.15, 0.2) is 55.1 Å². The number of carbonyl (C=O) groups is 1. The van der Waals surface area contributed by atoms with Gasteiger partial charge < -0.3 is 9.47 Å². The first-order chi connectivity index (χ1) is 17.1. The molecule has 3 nitrogen and oxygen atoms in total. The maximum Gasteiger partial charge on any atom is 0.458 e. The van der Waals surface area contributed by atoms with E-state index in [4.69, 9.17) is 9.47 Å². The Kier molecular flexibility index (Phi) is 7.09. The molecule has 0 radical (unpaired) electrons. The third-order valence-electron chi connectivity index (χ3n) is 5.76. The Hall–Kier alpha value is -3.77. The van der Waals surface area contributed by atoms with Gasteiger partial charge in [0, 0.05) is 17.9 Å². The lowest BCUT2D eigenvalue weighted by Gasteiger charge is -2.27. The average molecular weight is 504 g/mol. The van der Waals surface area contributed by atoms with Crippen molar-refractivity contribution in [1.29, 1.82) is 0 Å². The monoisotopic (exact) mass is 504 g/mol. The van der Waals surface area contributed by atoms with Gasteiger partial charge in [0.1, 0.15) is 17.4 Å².